The Labute approximate surface area is 111 Å². The lowest BCUT2D eigenvalue weighted by Gasteiger charge is -2.25. The fourth-order valence-electron chi connectivity index (χ4n) is 2.26. The van der Waals surface area contributed by atoms with Crippen LogP contribution < -0.4 is 5.32 Å². The number of alkyl halides is 1. The zero-order valence-electron chi connectivity index (χ0n) is 9.22. The van der Waals surface area contributed by atoms with Gasteiger partial charge in [-0.2, -0.15) is 0 Å². The van der Waals surface area contributed by atoms with Crippen LogP contribution in [-0.4, -0.2) is 11.9 Å². The molecular formula is C12H17Cl2NS. The fraction of sp³-hybridized carbons (Fsp3) is 0.667. The minimum absolute atomic E-state index is 0.400. The molecule has 0 spiro atoms. The van der Waals surface area contributed by atoms with Gasteiger partial charge in [0.1, 0.15) is 0 Å². The van der Waals surface area contributed by atoms with Crippen molar-refractivity contribution >= 4 is 34.5 Å². The van der Waals surface area contributed by atoms with E-state index in [0.717, 1.165) is 23.3 Å². The summed E-state index contributed by atoms with van der Waals surface area (Å²) in [5.74, 6) is 0.756. The molecule has 0 aromatic carbocycles. The minimum Gasteiger partial charge on any atom is -0.312 e. The summed E-state index contributed by atoms with van der Waals surface area (Å²) >= 11 is 13.7. The molecule has 1 N–H and O–H groups in total. The van der Waals surface area contributed by atoms with Gasteiger partial charge < -0.3 is 5.32 Å². The van der Waals surface area contributed by atoms with Crippen LogP contribution in [0.25, 0.3) is 0 Å². The molecule has 2 rings (SSSR count). The predicted octanol–water partition coefficient (Wildman–Crippen LogP) is 4.29. The molecule has 4 heteroatoms. The highest BCUT2D eigenvalue weighted by atomic mass is 35.5. The Morgan fingerprint density at radius 3 is 2.94 bits per heavy atom. The van der Waals surface area contributed by atoms with E-state index in [0.29, 0.717) is 5.38 Å². The van der Waals surface area contributed by atoms with Crippen molar-refractivity contribution in [1.29, 1.82) is 0 Å². The molecule has 1 nitrogen and oxygen atoms in total. The van der Waals surface area contributed by atoms with Crippen LogP contribution in [0.15, 0.2) is 12.1 Å². The summed E-state index contributed by atoms with van der Waals surface area (Å²) in [6, 6.07) is 4.05. The van der Waals surface area contributed by atoms with Gasteiger partial charge in [0, 0.05) is 16.8 Å². The molecule has 0 radical (unpaired) electrons. The van der Waals surface area contributed by atoms with E-state index in [1.165, 1.54) is 30.6 Å². The molecule has 0 saturated heterocycles. The van der Waals surface area contributed by atoms with Crippen molar-refractivity contribution < 1.29 is 0 Å². The molecule has 1 saturated carbocycles. The van der Waals surface area contributed by atoms with Gasteiger partial charge in [-0.05, 0) is 43.9 Å². The molecule has 16 heavy (non-hydrogen) atoms. The maximum atomic E-state index is 6.17. The highest BCUT2D eigenvalue weighted by Crippen LogP contribution is 2.27. The van der Waals surface area contributed by atoms with Crippen molar-refractivity contribution in [2.75, 3.05) is 6.54 Å². The first kappa shape index (κ1) is 12.7. The van der Waals surface area contributed by atoms with Crippen LogP contribution in [0.5, 0.6) is 0 Å². The molecule has 0 bridgehead atoms. The molecule has 1 fully saturated rings. The fourth-order valence-corrected chi connectivity index (χ4v) is 3.72. The van der Waals surface area contributed by atoms with Crippen LogP contribution in [0.4, 0.5) is 0 Å². The number of hydrogen-bond donors (Lipinski definition) is 1. The van der Waals surface area contributed by atoms with E-state index in [-0.39, 0.29) is 0 Å². The second-order valence-electron chi connectivity index (χ2n) is 4.47. The average Bonchev–Trinajstić information content (AvgIpc) is 2.64. The van der Waals surface area contributed by atoms with Crippen LogP contribution in [0.2, 0.25) is 4.34 Å². The normalized spacial score (nSPS) is 25.9. The van der Waals surface area contributed by atoms with E-state index in [2.05, 4.69) is 11.4 Å². The monoisotopic (exact) mass is 277 g/mol. The summed E-state index contributed by atoms with van der Waals surface area (Å²) in [6.07, 6.45) is 4.96. The number of nitrogens with one attached hydrogen (secondary N) is 1. The van der Waals surface area contributed by atoms with Crippen molar-refractivity contribution in [1.82, 2.24) is 5.32 Å². The summed E-state index contributed by atoms with van der Waals surface area (Å²) in [4.78, 5) is 1.31. The third kappa shape index (κ3) is 3.92. The molecule has 1 aliphatic rings. The Bertz CT molecular complexity index is 327. The largest absolute Gasteiger partial charge is 0.312 e. The highest BCUT2D eigenvalue weighted by Gasteiger charge is 2.19. The van der Waals surface area contributed by atoms with E-state index in [1.54, 1.807) is 11.3 Å². The maximum absolute atomic E-state index is 6.17. The van der Waals surface area contributed by atoms with Crippen molar-refractivity contribution in [3.8, 4) is 0 Å². The summed E-state index contributed by atoms with van der Waals surface area (Å²) in [6.45, 7) is 2.01. The SMILES string of the molecule is Clc1ccc(CNCC2CCCC(Cl)C2)s1. The van der Waals surface area contributed by atoms with Gasteiger partial charge in [-0.1, -0.05) is 18.0 Å². The Kier molecular flexibility index (Phi) is 4.96. The van der Waals surface area contributed by atoms with Gasteiger partial charge in [-0.15, -0.1) is 22.9 Å². The van der Waals surface area contributed by atoms with Gasteiger partial charge in [-0.25, -0.2) is 0 Å². The van der Waals surface area contributed by atoms with Gasteiger partial charge in [0.2, 0.25) is 0 Å². The van der Waals surface area contributed by atoms with Crippen molar-refractivity contribution in [2.24, 2.45) is 5.92 Å². The first-order chi connectivity index (χ1) is 7.74. The second kappa shape index (κ2) is 6.25. The van der Waals surface area contributed by atoms with Crippen molar-refractivity contribution in [3.63, 3.8) is 0 Å². The Hall–Kier alpha value is 0.240. The molecule has 2 unspecified atom stereocenters. The van der Waals surface area contributed by atoms with E-state index < -0.39 is 0 Å². The molecule has 2 atom stereocenters. The standard InChI is InChI=1S/C12H17Cl2NS/c13-10-3-1-2-9(6-10)7-15-8-11-4-5-12(14)16-11/h4-5,9-10,15H,1-3,6-8H2. The number of rotatable bonds is 4. The minimum atomic E-state index is 0.400. The highest BCUT2D eigenvalue weighted by molar-refractivity contribution is 7.16. The molecule has 1 aliphatic carbocycles. The molecular weight excluding hydrogens is 261 g/mol. The van der Waals surface area contributed by atoms with Crippen molar-refractivity contribution in [3.05, 3.63) is 21.3 Å². The van der Waals surface area contributed by atoms with Crippen LogP contribution in [0.3, 0.4) is 0 Å². The Balaban J connectivity index is 1.67. The summed E-state index contributed by atoms with van der Waals surface area (Å²) < 4.78 is 0.871. The first-order valence-electron chi connectivity index (χ1n) is 5.83. The maximum Gasteiger partial charge on any atom is 0.0931 e. The zero-order valence-corrected chi connectivity index (χ0v) is 11.5. The molecule has 1 heterocycles. The van der Waals surface area contributed by atoms with E-state index >= 15 is 0 Å². The van der Waals surface area contributed by atoms with Crippen LogP contribution in [0, 0.1) is 5.92 Å². The molecule has 0 aliphatic heterocycles. The van der Waals surface area contributed by atoms with Gasteiger partial charge >= 0.3 is 0 Å². The third-order valence-electron chi connectivity index (χ3n) is 3.08. The van der Waals surface area contributed by atoms with E-state index in [9.17, 15) is 0 Å². The first-order valence-corrected chi connectivity index (χ1v) is 7.46. The van der Waals surface area contributed by atoms with Gasteiger partial charge in [0.05, 0.1) is 4.34 Å². The smallest absolute Gasteiger partial charge is 0.0931 e. The van der Waals surface area contributed by atoms with Gasteiger partial charge in [0.25, 0.3) is 0 Å². The zero-order chi connectivity index (χ0) is 11.4. The van der Waals surface area contributed by atoms with E-state index in [1.807, 2.05) is 6.07 Å². The summed E-state index contributed by atoms with van der Waals surface area (Å²) in [5.41, 5.74) is 0. The lowest BCUT2D eigenvalue weighted by molar-refractivity contribution is 0.346. The molecule has 0 amide bonds. The number of halogens is 2. The van der Waals surface area contributed by atoms with Crippen LogP contribution >= 0.6 is 34.5 Å². The summed E-state index contributed by atoms with van der Waals surface area (Å²) in [5, 5.41) is 3.90. The lowest BCUT2D eigenvalue weighted by atomic mass is 9.89. The summed E-state index contributed by atoms with van der Waals surface area (Å²) in [7, 11) is 0. The van der Waals surface area contributed by atoms with Crippen molar-refractivity contribution in [2.45, 2.75) is 37.6 Å². The van der Waals surface area contributed by atoms with Gasteiger partial charge in [0.15, 0.2) is 0 Å². The number of hydrogen-bond acceptors (Lipinski definition) is 2. The number of thiophene rings is 1. The van der Waals surface area contributed by atoms with Crippen LogP contribution in [0.1, 0.15) is 30.6 Å². The third-order valence-corrected chi connectivity index (χ3v) is 4.71. The average molecular weight is 278 g/mol. The topological polar surface area (TPSA) is 12.0 Å². The molecule has 1 aromatic rings. The van der Waals surface area contributed by atoms with Gasteiger partial charge in [-0.3, -0.25) is 0 Å². The van der Waals surface area contributed by atoms with Crippen LogP contribution in [-0.2, 0) is 6.54 Å². The second-order valence-corrected chi connectivity index (χ2v) is 6.88. The predicted molar refractivity (Wildman–Crippen MR) is 72.6 cm³/mol. The molecule has 90 valence electrons. The van der Waals surface area contributed by atoms with E-state index in [4.69, 9.17) is 23.2 Å². The molecule has 1 aromatic heterocycles. The lowest BCUT2D eigenvalue weighted by Crippen LogP contribution is -2.27. The Morgan fingerprint density at radius 1 is 1.38 bits per heavy atom. The quantitative estimate of drug-likeness (QED) is 0.810. The Morgan fingerprint density at radius 2 is 2.25 bits per heavy atom.